The summed E-state index contributed by atoms with van der Waals surface area (Å²) in [6, 6.07) is 3.34. The molecule has 0 saturated carbocycles. The van der Waals surface area contributed by atoms with Gasteiger partial charge in [0.1, 0.15) is 5.69 Å². The number of carbonyl (C=O) groups excluding carboxylic acids is 1. The molecule has 0 unspecified atom stereocenters. The number of aromatic nitrogens is 4. The molecule has 0 atom stereocenters. The Morgan fingerprint density at radius 2 is 2.36 bits per heavy atom. The van der Waals surface area contributed by atoms with Crippen LogP contribution in [0.15, 0.2) is 18.3 Å². The lowest BCUT2D eigenvalue weighted by Gasteiger charge is -1.96. The van der Waals surface area contributed by atoms with E-state index in [9.17, 15) is 4.79 Å². The first-order chi connectivity index (χ1) is 6.75. The number of amides is 1. The molecular weight excluding hydrogens is 182 g/mol. The lowest BCUT2D eigenvalue weighted by molar-refractivity contribution is 0.102. The van der Waals surface area contributed by atoms with E-state index in [1.165, 1.54) is 6.20 Å². The maximum Gasteiger partial charge on any atom is 0.274 e. The van der Waals surface area contributed by atoms with Gasteiger partial charge in [0.2, 0.25) is 0 Å². The van der Waals surface area contributed by atoms with Crippen molar-refractivity contribution in [3.63, 3.8) is 0 Å². The van der Waals surface area contributed by atoms with Crippen molar-refractivity contribution in [3.8, 4) is 0 Å². The maximum absolute atomic E-state index is 11.4. The van der Waals surface area contributed by atoms with Crippen LogP contribution in [-0.4, -0.2) is 26.3 Å². The van der Waals surface area contributed by atoms with E-state index in [0.717, 1.165) is 5.69 Å². The summed E-state index contributed by atoms with van der Waals surface area (Å²) in [6.45, 7) is 1.86. The van der Waals surface area contributed by atoms with Crippen LogP contribution in [0.25, 0.3) is 0 Å². The van der Waals surface area contributed by atoms with E-state index in [2.05, 4.69) is 25.7 Å². The molecule has 0 aliphatic heterocycles. The van der Waals surface area contributed by atoms with Crippen molar-refractivity contribution >= 4 is 11.7 Å². The molecule has 2 aromatic heterocycles. The lowest BCUT2D eigenvalue weighted by atomic mass is 10.4. The number of carbonyl (C=O) groups is 1. The molecule has 3 N–H and O–H groups in total. The minimum Gasteiger partial charge on any atom is -0.304 e. The molecule has 0 radical (unpaired) electrons. The molecule has 0 fully saturated rings. The van der Waals surface area contributed by atoms with Crippen LogP contribution < -0.4 is 5.32 Å². The summed E-state index contributed by atoms with van der Waals surface area (Å²) >= 11 is 0. The lowest BCUT2D eigenvalue weighted by Crippen LogP contribution is -2.12. The van der Waals surface area contributed by atoms with Crippen LogP contribution in [0, 0.1) is 6.92 Å². The highest BCUT2D eigenvalue weighted by Gasteiger charge is 2.08. The molecule has 0 aliphatic rings. The fourth-order valence-electron chi connectivity index (χ4n) is 1.05. The Morgan fingerprint density at radius 1 is 1.50 bits per heavy atom. The van der Waals surface area contributed by atoms with Gasteiger partial charge in [-0.2, -0.15) is 10.2 Å². The smallest absolute Gasteiger partial charge is 0.274 e. The fraction of sp³-hybridized carbons (Fsp3) is 0.125. The van der Waals surface area contributed by atoms with Gasteiger partial charge in [-0.3, -0.25) is 15.0 Å². The molecule has 2 aromatic rings. The van der Waals surface area contributed by atoms with Crippen LogP contribution in [0.3, 0.4) is 0 Å². The summed E-state index contributed by atoms with van der Waals surface area (Å²) in [5, 5.41) is 15.5. The molecule has 72 valence electrons. The number of rotatable bonds is 2. The summed E-state index contributed by atoms with van der Waals surface area (Å²) in [5.41, 5.74) is 1.30. The number of H-pyrrole nitrogens is 2. The van der Waals surface area contributed by atoms with Gasteiger partial charge in [0.05, 0.1) is 0 Å². The number of anilines is 1. The van der Waals surface area contributed by atoms with E-state index < -0.39 is 0 Å². The molecule has 0 aliphatic carbocycles. The molecule has 2 rings (SSSR count). The summed E-state index contributed by atoms with van der Waals surface area (Å²) < 4.78 is 0. The van der Waals surface area contributed by atoms with E-state index in [0.29, 0.717) is 11.5 Å². The van der Waals surface area contributed by atoms with Gasteiger partial charge < -0.3 is 5.32 Å². The molecule has 0 aromatic carbocycles. The number of aromatic amines is 2. The standard InChI is InChI=1S/C8H9N5O/c1-5-4-7(13-11-5)10-8(14)6-2-3-9-12-6/h2-4H,1H3,(H,9,12)(H2,10,11,13,14). The quantitative estimate of drug-likeness (QED) is 0.652. The highest BCUT2D eigenvalue weighted by atomic mass is 16.2. The topological polar surface area (TPSA) is 86.5 Å². The molecule has 14 heavy (non-hydrogen) atoms. The van der Waals surface area contributed by atoms with Gasteiger partial charge >= 0.3 is 0 Å². The maximum atomic E-state index is 11.4. The second-order valence-corrected chi connectivity index (χ2v) is 2.86. The van der Waals surface area contributed by atoms with Crippen LogP contribution in [0.5, 0.6) is 0 Å². The first-order valence-corrected chi connectivity index (χ1v) is 4.08. The molecule has 6 nitrogen and oxygen atoms in total. The number of aryl methyl sites for hydroxylation is 1. The Balaban J connectivity index is 2.09. The Hall–Kier alpha value is -2.11. The van der Waals surface area contributed by atoms with Crippen molar-refractivity contribution in [1.82, 2.24) is 20.4 Å². The van der Waals surface area contributed by atoms with Crippen LogP contribution in [0.2, 0.25) is 0 Å². The van der Waals surface area contributed by atoms with Crippen LogP contribution in [0.4, 0.5) is 5.82 Å². The Morgan fingerprint density at radius 3 is 2.93 bits per heavy atom. The highest BCUT2D eigenvalue weighted by Crippen LogP contribution is 2.05. The highest BCUT2D eigenvalue weighted by molar-refractivity contribution is 6.02. The Labute approximate surface area is 79.7 Å². The van der Waals surface area contributed by atoms with Crippen LogP contribution in [-0.2, 0) is 0 Å². The first kappa shape index (κ1) is 8.49. The summed E-state index contributed by atoms with van der Waals surface area (Å²) in [4.78, 5) is 11.4. The van der Waals surface area contributed by atoms with Gasteiger partial charge in [0, 0.05) is 18.0 Å². The third kappa shape index (κ3) is 1.63. The second kappa shape index (κ2) is 3.33. The zero-order valence-electron chi connectivity index (χ0n) is 7.53. The molecule has 6 heteroatoms. The molecule has 1 amide bonds. The van der Waals surface area contributed by atoms with Crippen LogP contribution in [0.1, 0.15) is 16.2 Å². The number of hydrogen-bond donors (Lipinski definition) is 3. The van der Waals surface area contributed by atoms with Crippen molar-refractivity contribution < 1.29 is 4.79 Å². The second-order valence-electron chi connectivity index (χ2n) is 2.86. The zero-order valence-corrected chi connectivity index (χ0v) is 7.53. The van der Waals surface area contributed by atoms with Crippen molar-refractivity contribution in [1.29, 1.82) is 0 Å². The number of nitrogens with zero attached hydrogens (tertiary/aromatic N) is 2. The predicted octanol–water partition coefficient (Wildman–Crippen LogP) is 0.694. The largest absolute Gasteiger partial charge is 0.304 e. The number of nitrogens with one attached hydrogen (secondary N) is 3. The van der Waals surface area contributed by atoms with Gasteiger partial charge in [-0.05, 0) is 13.0 Å². The van der Waals surface area contributed by atoms with Gasteiger partial charge in [-0.25, -0.2) is 0 Å². The fourth-order valence-corrected chi connectivity index (χ4v) is 1.05. The average molecular weight is 191 g/mol. The van der Waals surface area contributed by atoms with Crippen molar-refractivity contribution in [2.24, 2.45) is 0 Å². The van der Waals surface area contributed by atoms with E-state index in [1.54, 1.807) is 12.1 Å². The van der Waals surface area contributed by atoms with Gasteiger partial charge in [0.25, 0.3) is 5.91 Å². The SMILES string of the molecule is Cc1cc(NC(=O)c2ccn[nH]2)n[nH]1. The van der Waals surface area contributed by atoms with Crippen molar-refractivity contribution in [2.45, 2.75) is 6.92 Å². The van der Waals surface area contributed by atoms with Gasteiger partial charge in [-0.1, -0.05) is 0 Å². The van der Waals surface area contributed by atoms with E-state index in [4.69, 9.17) is 0 Å². The molecule has 2 heterocycles. The van der Waals surface area contributed by atoms with Crippen LogP contribution >= 0.6 is 0 Å². The molecular formula is C8H9N5O. The van der Waals surface area contributed by atoms with Gasteiger partial charge in [0.15, 0.2) is 5.82 Å². The predicted molar refractivity (Wildman–Crippen MR) is 49.9 cm³/mol. The first-order valence-electron chi connectivity index (χ1n) is 4.08. The summed E-state index contributed by atoms with van der Waals surface area (Å²) in [6.07, 6.45) is 1.52. The Bertz CT molecular complexity index is 430. The van der Waals surface area contributed by atoms with Crippen molar-refractivity contribution in [3.05, 3.63) is 29.7 Å². The minimum absolute atomic E-state index is 0.256. The zero-order chi connectivity index (χ0) is 9.97. The number of hydrogen-bond acceptors (Lipinski definition) is 3. The van der Waals surface area contributed by atoms with Crippen molar-refractivity contribution in [2.75, 3.05) is 5.32 Å². The van der Waals surface area contributed by atoms with E-state index in [1.807, 2.05) is 6.92 Å². The van der Waals surface area contributed by atoms with Gasteiger partial charge in [-0.15, -0.1) is 0 Å². The average Bonchev–Trinajstić information content (AvgIpc) is 2.75. The minimum atomic E-state index is -0.256. The van der Waals surface area contributed by atoms with E-state index >= 15 is 0 Å². The summed E-state index contributed by atoms with van der Waals surface area (Å²) in [7, 11) is 0. The Kier molecular flexibility index (Phi) is 2.02. The van der Waals surface area contributed by atoms with E-state index in [-0.39, 0.29) is 5.91 Å². The molecule has 0 bridgehead atoms. The monoisotopic (exact) mass is 191 g/mol. The third-order valence-corrected chi connectivity index (χ3v) is 1.69. The molecule has 0 saturated heterocycles. The third-order valence-electron chi connectivity index (χ3n) is 1.69. The molecule has 0 spiro atoms. The summed E-state index contributed by atoms with van der Waals surface area (Å²) in [5.74, 6) is 0.246. The normalized spacial score (nSPS) is 10.1.